The van der Waals surface area contributed by atoms with E-state index in [2.05, 4.69) is 17.9 Å². The Bertz CT molecular complexity index is 1030. The monoisotopic (exact) mass is 402 g/mol. The molecule has 0 radical (unpaired) electrons. The Morgan fingerprint density at radius 2 is 1.80 bits per heavy atom. The highest BCUT2D eigenvalue weighted by Crippen LogP contribution is 2.42. The number of nitrogens with zero attached hydrogens (tertiary/aromatic N) is 2. The van der Waals surface area contributed by atoms with Gasteiger partial charge >= 0.3 is 0 Å². The largest absolute Gasteiger partial charge is 0.394 e. The summed E-state index contributed by atoms with van der Waals surface area (Å²) in [7, 11) is 0. The molecule has 1 N–H and O–H groups in total. The molecule has 4 rings (SSSR count). The molecule has 0 aromatic heterocycles. The number of aliphatic hydroxyl groups excluding tert-OH is 1. The molecule has 0 spiro atoms. The van der Waals surface area contributed by atoms with Crippen LogP contribution in [0.15, 0.2) is 48.5 Å². The molecule has 1 saturated carbocycles. The van der Waals surface area contributed by atoms with Crippen molar-refractivity contribution in [3.8, 4) is 17.9 Å². The lowest BCUT2D eigenvalue weighted by molar-refractivity contribution is -0.151. The molecule has 1 aliphatic carbocycles. The first kappa shape index (κ1) is 20.1. The Morgan fingerprint density at radius 3 is 2.43 bits per heavy atom. The second-order valence-electron chi connectivity index (χ2n) is 7.93. The molecule has 2 aromatic carbocycles. The highest BCUT2D eigenvalue weighted by molar-refractivity contribution is 5.82. The molecule has 30 heavy (non-hydrogen) atoms. The number of amides is 1. The topological polar surface area (TPSA) is 64.3 Å². The van der Waals surface area contributed by atoms with E-state index in [1.54, 1.807) is 23.1 Å². The van der Waals surface area contributed by atoms with Crippen molar-refractivity contribution in [1.29, 1.82) is 5.26 Å². The number of halogens is 1. The fourth-order valence-corrected chi connectivity index (χ4v) is 4.58. The highest BCUT2D eigenvalue weighted by Gasteiger charge is 2.52. The van der Waals surface area contributed by atoms with Crippen LogP contribution in [0.25, 0.3) is 0 Å². The van der Waals surface area contributed by atoms with Gasteiger partial charge in [0.2, 0.25) is 5.91 Å². The van der Waals surface area contributed by atoms with E-state index in [0.717, 1.165) is 36.8 Å². The fraction of sp³-hybridized carbons (Fsp3) is 0.360. The quantitative estimate of drug-likeness (QED) is 0.798. The normalized spacial score (nSPS) is 23.2. The van der Waals surface area contributed by atoms with Crippen LogP contribution in [0, 0.1) is 34.9 Å². The van der Waals surface area contributed by atoms with E-state index in [1.807, 2.05) is 24.3 Å². The van der Waals surface area contributed by atoms with E-state index in [9.17, 15) is 19.6 Å². The molecule has 1 heterocycles. The molecule has 1 saturated heterocycles. The number of aliphatic hydroxyl groups is 1. The number of benzene rings is 2. The van der Waals surface area contributed by atoms with Crippen LogP contribution in [0.5, 0.6) is 0 Å². The molecule has 1 aliphatic heterocycles. The van der Waals surface area contributed by atoms with Gasteiger partial charge in [-0.25, -0.2) is 4.39 Å². The first-order chi connectivity index (χ1) is 14.6. The summed E-state index contributed by atoms with van der Waals surface area (Å²) in [5.41, 5.74) is 1.97. The van der Waals surface area contributed by atoms with Crippen LogP contribution in [0.1, 0.15) is 48.3 Å². The number of carbonyl (C=O) groups is 1. The molecule has 3 atom stereocenters. The van der Waals surface area contributed by atoms with E-state index in [-0.39, 0.29) is 36.2 Å². The molecule has 152 valence electrons. The molecule has 2 aliphatic rings. The molecular weight excluding hydrogens is 379 g/mol. The Balaban J connectivity index is 1.52. The predicted molar refractivity (Wildman–Crippen MR) is 111 cm³/mol. The van der Waals surface area contributed by atoms with Crippen molar-refractivity contribution in [2.75, 3.05) is 6.61 Å². The molecule has 0 unspecified atom stereocenters. The number of likely N-dealkylation sites (tertiary alicyclic amines) is 1. The molecule has 0 bridgehead atoms. The number of hydrogen-bond donors (Lipinski definition) is 1. The van der Waals surface area contributed by atoms with Crippen LogP contribution >= 0.6 is 0 Å². The van der Waals surface area contributed by atoms with Gasteiger partial charge < -0.3 is 10.0 Å². The minimum atomic E-state index is -0.564. The summed E-state index contributed by atoms with van der Waals surface area (Å²) >= 11 is 0. The smallest absolute Gasteiger partial charge is 0.227 e. The molecule has 2 fully saturated rings. The van der Waals surface area contributed by atoms with E-state index in [4.69, 9.17) is 0 Å². The third-order valence-electron chi connectivity index (χ3n) is 6.20. The summed E-state index contributed by atoms with van der Waals surface area (Å²) in [6.07, 6.45) is 3.82. The molecular formula is C25H23FN2O2. The van der Waals surface area contributed by atoms with Gasteiger partial charge in [0.1, 0.15) is 11.9 Å². The summed E-state index contributed by atoms with van der Waals surface area (Å²) in [5.74, 6) is 5.18. The fourth-order valence-electron chi connectivity index (χ4n) is 4.58. The van der Waals surface area contributed by atoms with Crippen molar-refractivity contribution in [2.45, 2.75) is 43.7 Å². The van der Waals surface area contributed by atoms with Gasteiger partial charge in [-0.1, -0.05) is 48.9 Å². The minimum Gasteiger partial charge on any atom is -0.394 e. The summed E-state index contributed by atoms with van der Waals surface area (Å²) in [4.78, 5) is 14.4. The zero-order valence-corrected chi connectivity index (χ0v) is 16.6. The van der Waals surface area contributed by atoms with Crippen LogP contribution in [0.2, 0.25) is 0 Å². The maximum Gasteiger partial charge on any atom is 0.227 e. The van der Waals surface area contributed by atoms with Gasteiger partial charge in [0.25, 0.3) is 0 Å². The summed E-state index contributed by atoms with van der Waals surface area (Å²) in [6.45, 7) is -0.170. The van der Waals surface area contributed by atoms with Gasteiger partial charge in [-0.15, -0.1) is 0 Å². The molecule has 1 amide bonds. The Hall–Kier alpha value is -3.15. The van der Waals surface area contributed by atoms with E-state index in [1.165, 1.54) is 6.07 Å². The molecule has 2 aromatic rings. The molecule has 5 heteroatoms. The summed E-state index contributed by atoms with van der Waals surface area (Å²) < 4.78 is 13.7. The SMILES string of the molecule is N#C[C@@H]1[C@H](c2ccc(C#Cc3ccccc3F)cc2)[C@@H](CO)N1C(=O)C1CCCC1. The van der Waals surface area contributed by atoms with Crippen LogP contribution in [0.3, 0.4) is 0 Å². The van der Waals surface area contributed by atoms with Crippen molar-refractivity contribution in [2.24, 2.45) is 5.92 Å². The maximum atomic E-state index is 13.7. The first-order valence-corrected chi connectivity index (χ1v) is 10.3. The van der Waals surface area contributed by atoms with Gasteiger partial charge in [0.15, 0.2) is 0 Å². The second kappa shape index (κ2) is 8.69. The average Bonchev–Trinajstić information content (AvgIpc) is 3.29. The van der Waals surface area contributed by atoms with Gasteiger partial charge in [-0.3, -0.25) is 4.79 Å². The third kappa shape index (κ3) is 3.70. The lowest BCUT2D eigenvalue weighted by Crippen LogP contribution is -2.66. The van der Waals surface area contributed by atoms with Crippen molar-refractivity contribution in [3.05, 3.63) is 71.0 Å². The molecule has 4 nitrogen and oxygen atoms in total. The van der Waals surface area contributed by atoms with E-state index >= 15 is 0 Å². The van der Waals surface area contributed by atoms with Crippen LogP contribution in [0.4, 0.5) is 4.39 Å². The zero-order valence-electron chi connectivity index (χ0n) is 16.6. The number of carbonyl (C=O) groups excluding carboxylic acids is 1. The number of nitriles is 1. The van der Waals surface area contributed by atoms with Crippen molar-refractivity contribution >= 4 is 5.91 Å². The Labute approximate surface area is 175 Å². The minimum absolute atomic E-state index is 0.00160. The zero-order chi connectivity index (χ0) is 21.1. The number of rotatable bonds is 3. The van der Waals surface area contributed by atoms with E-state index < -0.39 is 6.04 Å². The third-order valence-corrected chi connectivity index (χ3v) is 6.20. The van der Waals surface area contributed by atoms with Crippen molar-refractivity contribution in [1.82, 2.24) is 4.90 Å². The van der Waals surface area contributed by atoms with Gasteiger partial charge in [-0.05, 0) is 42.7 Å². The summed E-state index contributed by atoms with van der Waals surface area (Å²) in [5, 5.41) is 19.6. The Kier molecular flexibility index (Phi) is 5.84. The van der Waals surface area contributed by atoms with Gasteiger partial charge in [0.05, 0.1) is 24.3 Å². The van der Waals surface area contributed by atoms with Crippen LogP contribution < -0.4 is 0 Å². The van der Waals surface area contributed by atoms with E-state index in [0.29, 0.717) is 5.56 Å². The average molecular weight is 402 g/mol. The number of hydrogen-bond acceptors (Lipinski definition) is 3. The first-order valence-electron chi connectivity index (χ1n) is 10.3. The highest BCUT2D eigenvalue weighted by atomic mass is 19.1. The lowest BCUT2D eigenvalue weighted by Gasteiger charge is -2.52. The maximum absolute atomic E-state index is 13.7. The van der Waals surface area contributed by atoms with Gasteiger partial charge in [0, 0.05) is 17.4 Å². The van der Waals surface area contributed by atoms with Crippen molar-refractivity contribution < 1.29 is 14.3 Å². The standard InChI is InChI=1S/C25H23FN2O2/c26-21-8-4-3-5-18(21)12-9-17-10-13-19(14-11-17)24-22(15-27)28(23(24)16-29)25(30)20-6-1-2-7-20/h3-5,8,10-11,13-14,20,22-24,29H,1-2,6-7,16H2/t22-,23-,24+/m1/s1. The van der Waals surface area contributed by atoms with Crippen molar-refractivity contribution in [3.63, 3.8) is 0 Å². The second-order valence-corrected chi connectivity index (χ2v) is 7.93. The van der Waals surface area contributed by atoms with Crippen LogP contribution in [-0.4, -0.2) is 34.6 Å². The van der Waals surface area contributed by atoms with Gasteiger partial charge in [-0.2, -0.15) is 5.26 Å². The lowest BCUT2D eigenvalue weighted by atomic mass is 9.75. The Morgan fingerprint density at radius 1 is 1.10 bits per heavy atom. The summed E-state index contributed by atoms with van der Waals surface area (Å²) in [6, 6.07) is 15.1. The predicted octanol–water partition coefficient (Wildman–Crippen LogP) is 3.59. The van der Waals surface area contributed by atoms with Crippen LogP contribution in [-0.2, 0) is 4.79 Å².